The summed E-state index contributed by atoms with van der Waals surface area (Å²) >= 11 is 0.835. The molecule has 3 amide bonds. The molecule has 0 saturated carbocycles. The van der Waals surface area contributed by atoms with Crippen molar-refractivity contribution < 1.29 is 19.1 Å². The normalized spacial score (nSPS) is 14.8. The minimum Gasteiger partial charge on any atom is -0.493 e. The molecular weight excluding hydrogens is 448 g/mol. The Bertz CT molecular complexity index is 1320. The summed E-state index contributed by atoms with van der Waals surface area (Å²) in [6.07, 6.45) is 2.54. The van der Waals surface area contributed by atoms with Crippen LogP contribution in [-0.2, 0) is 9.59 Å². The van der Waals surface area contributed by atoms with Crippen LogP contribution in [0.1, 0.15) is 30.0 Å². The number of nitrogens with one attached hydrogen (secondary N) is 1. The van der Waals surface area contributed by atoms with Crippen molar-refractivity contribution in [2.75, 3.05) is 18.5 Å². The minimum absolute atomic E-state index is 0.266. The molecule has 34 heavy (non-hydrogen) atoms. The lowest BCUT2D eigenvalue weighted by Crippen LogP contribution is -2.36. The Labute approximate surface area is 203 Å². The predicted octanol–water partition coefficient (Wildman–Crippen LogP) is 5.92. The Morgan fingerprint density at radius 3 is 2.65 bits per heavy atom. The van der Waals surface area contributed by atoms with E-state index < -0.39 is 17.1 Å². The molecule has 7 heteroatoms. The van der Waals surface area contributed by atoms with Gasteiger partial charge in [-0.2, -0.15) is 0 Å². The number of benzene rings is 3. The van der Waals surface area contributed by atoms with Gasteiger partial charge >= 0.3 is 0 Å². The average Bonchev–Trinajstić information content (AvgIpc) is 3.08. The molecule has 4 rings (SSSR count). The van der Waals surface area contributed by atoms with E-state index in [1.165, 1.54) is 0 Å². The van der Waals surface area contributed by atoms with E-state index in [1.807, 2.05) is 69.3 Å². The first-order valence-electron chi connectivity index (χ1n) is 11.1. The van der Waals surface area contributed by atoms with E-state index in [2.05, 4.69) is 5.32 Å². The molecule has 1 aliphatic rings. The number of imide groups is 1. The molecule has 1 fully saturated rings. The Balaban J connectivity index is 1.59. The molecule has 0 unspecified atom stereocenters. The second-order valence-electron chi connectivity index (χ2n) is 8.11. The van der Waals surface area contributed by atoms with Gasteiger partial charge in [-0.1, -0.05) is 49.4 Å². The summed E-state index contributed by atoms with van der Waals surface area (Å²) in [5, 5.41) is 4.27. The number of hydrogen-bond acceptors (Lipinski definition) is 5. The van der Waals surface area contributed by atoms with E-state index in [1.54, 1.807) is 12.1 Å². The molecule has 174 valence electrons. The number of fused-ring (bicyclic) bond motifs is 1. The van der Waals surface area contributed by atoms with Crippen molar-refractivity contribution in [2.24, 2.45) is 0 Å². The monoisotopic (exact) mass is 474 g/mol. The van der Waals surface area contributed by atoms with Gasteiger partial charge in [-0.05, 0) is 72.1 Å². The van der Waals surface area contributed by atoms with Gasteiger partial charge in [0.25, 0.3) is 11.1 Å². The molecule has 0 spiro atoms. The highest BCUT2D eigenvalue weighted by molar-refractivity contribution is 8.18. The van der Waals surface area contributed by atoms with Gasteiger partial charge in [-0.3, -0.25) is 19.3 Å². The van der Waals surface area contributed by atoms with Gasteiger partial charge in [-0.25, -0.2) is 0 Å². The van der Waals surface area contributed by atoms with Crippen LogP contribution in [0, 0.1) is 13.8 Å². The second-order valence-corrected chi connectivity index (χ2v) is 9.10. The summed E-state index contributed by atoms with van der Waals surface area (Å²) < 4.78 is 5.92. The molecule has 0 atom stereocenters. The number of carbonyl (C=O) groups is 3. The molecule has 1 saturated heterocycles. The van der Waals surface area contributed by atoms with Crippen molar-refractivity contribution in [1.29, 1.82) is 0 Å². The zero-order valence-electron chi connectivity index (χ0n) is 19.4. The molecule has 0 radical (unpaired) electrons. The summed E-state index contributed by atoms with van der Waals surface area (Å²) in [4.78, 5) is 39.6. The van der Waals surface area contributed by atoms with E-state index in [0.717, 1.165) is 50.5 Å². The van der Waals surface area contributed by atoms with Gasteiger partial charge < -0.3 is 10.1 Å². The third-order valence-corrected chi connectivity index (χ3v) is 6.63. The molecule has 0 aromatic heterocycles. The molecule has 0 bridgehead atoms. The maximum absolute atomic E-state index is 13.1. The highest BCUT2D eigenvalue weighted by atomic mass is 32.2. The first-order chi connectivity index (χ1) is 16.4. The highest BCUT2D eigenvalue weighted by Gasteiger charge is 2.36. The molecule has 3 aromatic carbocycles. The van der Waals surface area contributed by atoms with Crippen molar-refractivity contribution in [3.8, 4) is 5.75 Å². The SMILES string of the molecule is CCCOc1ccc2ccccc2c1/C=C1\SC(=O)N(CC(=O)Nc2cccc(C)c2C)C1=O. The molecule has 6 nitrogen and oxygen atoms in total. The number of carbonyl (C=O) groups excluding carboxylic acids is 3. The minimum atomic E-state index is -0.486. The first-order valence-corrected chi connectivity index (χ1v) is 12.0. The van der Waals surface area contributed by atoms with E-state index in [9.17, 15) is 14.4 Å². The van der Waals surface area contributed by atoms with Gasteiger partial charge in [0.05, 0.1) is 11.5 Å². The predicted molar refractivity (Wildman–Crippen MR) is 137 cm³/mol. The van der Waals surface area contributed by atoms with Crippen LogP contribution in [0.4, 0.5) is 10.5 Å². The smallest absolute Gasteiger partial charge is 0.294 e. The summed E-state index contributed by atoms with van der Waals surface area (Å²) in [5.41, 5.74) is 3.40. The van der Waals surface area contributed by atoms with Gasteiger partial charge in [0, 0.05) is 11.3 Å². The first kappa shape index (κ1) is 23.6. The summed E-state index contributed by atoms with van der Waals surface area (Å²) in [6, 6.07) is 17.3. The lowest BCUT2D eigenvalue weighted by molar-refractivity contribution is -0.127. The fourth-order valence-corrected chi connectivity index (χ4v) is 4.57. The second kappa shape index (κ2) is 10.1. The standard InChI is InChI=1S/C27H26N2O4S/c1-4-14-33-23-13-12-19-9-5-6-10-20(19)21(23)15-24-26(31)29(27(32)34-24)16-25(30)28-22-11-7-8-17(2)18(22)3/h5-13,15H,4,14,16H2,1-3H3,(H,28,30)/b24-15-. The molecule has 1 aliphatic heterocycles. The number of rotatable bonds is 7. The number of nitrogens with zero attached hydrogens (tertiary/aromatic N) is 1. The van der Waals surface area contributed by atoms with Crippen LogP contribution < -0.4 is 10.1 Å². The quantitative estimate of drug-likeness (QED) is 0.430. The van der Waals surface area contributed by atoms with Crippen molar-refractivity contribution in [2.45, 2.75) is 27.2 Å². The lowest BCUT2D eigenvalue weighted by Gasteiger charge is -2.14. The van der Waals surface area contributed by atoms with Crippen molar-refractivity contribution in [1.82, 2.24) is 4.90 Å². The molecular formula is C27H26N2O4S. The van der Waals surface area contributed by atoms with Crippen LogP contribution in [0.15, 0.2) is 59.5 Å². The topological polar surface area (TPSA) is 75.7 Å². The van der Waals surface area contributed by atoms with Gasteiger partial charge in [0.1, 0.15) is 12.3 Å². The number of aryl methyl sites for hydroxylation is 1. The third kappa shape index (κ3) is 4.84. The zero-order chi connectivity index (χ0) is 24.2. The van der Waals surface area contributed by atoms with E-state index >= 15 is 0 Å². The maximum Gasteiger partial charge on any atom is 0.294 e. The number of thioether (sulfide) groups is 1. The van der Waals surface area contributed by atoms with E-state index in [4.69, 9.17) is 4.74 Å². The summed E-state index contributed by atoms with van der Waals surface area (Å²) in [6.45, 7) is 6.09. The number of amides is 3. The number of anilines is 1. The fraction of sp³-hybridized carbons (Fsp3) is 0.222. The van der Waals surface area contributed by atoms with Crippen molar-refractivity contribution in [3.05, 3.63) is 76.2 Å². The van der Waals surface area contributed by atoms with E-state index in [-0.39, 0.29) is 11.4 Å². The number of ether oxygens (including phenoxy) is 1. The Morgan fingerprint density at radius 1 is 1.06 bits per heavy atom. The van der Waals surface area contributed by atoms with Crippen LogP contribution in [0.25, 0.3) is 16.8 Å². The lowest BCUT2D eigenvalue weighted by atomic mass is 10.0. The van der Waals surface area contributed by atoms with Crippen LogP contribution >= 0.6 is 11.8 Å². The Morgan fingerprint density at radius 2 is 1.85 bits per heavy atom. The summed E-state index contributed by atoms with van der Waals surface area (Å²) in [5.74, 6) is -0.255. The summed E-state index contributed by atoms with van der Waals surface area (Å²) in [7, 11) is 0. The zero-order valence-corrected chi connectivity index (χ0v) is 20.2. The van der Waals surface area contributed by atoms with Crippen molar-refractivity contribution >= 4 is 51.4 Å². The van der Waals surface area contributed by atoms with Gasteiger partial charge in [0.15, 0.2) is 0 Å². The number of hydrogen-bond donors (Lipinski definition) is 1. The average molecular weight is 475 g/mol. The van der Waals surface area contributed by atoms with Crippen LogP contribution in [0.2, 0.25) is 0 Å². The van der Waals surface area contributed by atoms with Gasteiger partial charge in [-0.15, -0.1) is 0 Å². The van der Waals surface area contributed by atoms with Crippen molar-refractivity contribution in [3.63, 3.8) is 0 Å². The molecule has 0 aliphatic carbocycles. The maximum atomic E-state index is 13.1. The van der Waals surface area contributed by atoms with Crippen LogP contribution in [-0.4, -0.2) is 35.1 Å². The highest BCUT2D eigenvalue weighted by Crippen LogP contribution is 2.37. The Hall–Kier alpha value is -3.58. The largest absolute Gasteiger partial charge is 0.493 e. The molecule has 1 heterocycles. The Kier molecular flexibility index (Phi) is 7.03. The molecule has 1 N–H and O–H groups in total. The third-order valence-electron chi connectivity index (χ3n) is 5.72. The van der Waals surface area contributed by atoms with Gasteiger partial charge in [0.2, 0.25) is 5.91 Å². The molecule has 3 aromatic rings. The van der Waals surface area contributed by atoms with Crippen LogP contribution in [0.5, 0.6) is 5.75 Å². The van der Waals surface area contributed by atoms with E-state index in [0.29, 0.717) is 18.0 Å². The van der Waals surface area contributed by atoms with Crippen LogP contribution in [0.3, 0.4) is 0 Å². The fourth-order valence-electron chi connectivity index (χ4n) is 3.75.